The molecule has 1 saturated heterocycles. The van der Waals surface area contributed by atoms with Crippen molar-refractivity contribution in [3.63, 3.8) is 0 Å². The molecule has 0 spiro atoms. The van der Waals surface area contributed by atoms with Gasteiger partial charge in [0, 0.05) is 13.1 Å². The van der Waals surface area contributed by atoms with E-state index in [0.29, 0.717) is 6.61 Å². The largest absolute Gasteiger partial charge is 0.445 e. The number of carbonyl (C=O) groups excluding carboxylic acids is 1. The summed E-state index contributed by atoms with van der Waals surface area (Å²) in [7, 11) is 0. The maximum atomic E-state index is 10.8. The van der Waals surface area contributed by atoms with Gasteiger partial charge < -0.3 is 9.64 Å². The Bertz CT molecular complexity index is 141. The molecule has 0 saturated carbocycles. The minimum Gasteiger partial charge on any atom is -0.445 e. The second-order valence-corrected chi connectivity index (χ2v) is 2.21. The van der Waals surface area contributed by atoms with Crippen molar-refractivity contribution in [2.75, 3.05) is 19.7 Å². The highest BCUT2D eigenvalue weighted by atomic mass is 16.6. The quantitative estimate of drug-likeness (QED) is 0.537. The number of hydrogen-bond acceptors (Lipinski definition) is 2. The Kier molecular flexibility index (Phi) is 2.31. The number of likely N-dealkylation sites (tertiary alicyclic amines) is 1. The fourth-order valence-electron chi connectivity index (χ4n) is 0.720. The molecule has 1 aliphatic rings. The van der Waals surface area contributed by atoms with E-state index in [1.54, 1.807) is 11.0 Å². The van der Waals surface area contributed by atoms with Gasteiger partial charge in [-0.05, 0) is 6.42 Å². The Labute approximate surface area is 60.3 Å². The van der Waals surface area contributed by atoms with Crippen molar-refractivity contribution in [3.8, 4) is 0 Å². The average Bonchev–Trinajstić information content (AvgIpc) is 1.79. The highest BCUT2D eigenvalue weighted by molar-refractivity contribution is 5.68. The molecule has 0 aliphatic carbocycles. The molecule has 3 nitrogen and oxygen atoms in total. The zero-order chi connectivity index (χ0) is 7.40. The van der Waals surface area contributed by atoms with Gasteiger partial charge in [0.05, 0.1) is 0 Å². The van der Waals surface area contributed by atoms with Gasteiger partial charge in [0.25, 0.3) is 0 Å². The summed E-state index contributed by atoms with van der Waals surface area (Å²) in [5.41, 5.74) is 0. The third-order valence-electron chi connectivity index (χ3n) is 1.44. The van der Waals surface area contributed by atoms with Crippen LogP contribution in [0.5, 0.6) is 0 Å². The number of carbonyl (C=O) groups is 1. The molecule has 0 atom stereocenters. The second-order valence-electron chi connectivity index (χ2n) is 2.21. The van der Waals surface area contributed by atoms with Gasteiger partial charge in [-0.2, -0.15) is 0 Å². The predicted octanol–water partition coefficient (Wildman–Crippen LogP) is 1.01. The number of amides is 1. The molecule has 0 N–H and O–H groups in total. The SMILES string of the molecule is C=CCOC(=O)N1CCC1. The molecule has 0 unspecified atom stereocenters. The van der Waals surface area contributed by atoms with E-state index in [9.17, 15) is 4.79 Å². The Hall–Kier alpha value is -0.990. The van der Waals surface area contributed by atoms with E-state index in [4.69, 9.17) is 4.74 Å². The molecule has 0 aromatic heterocycles. The summed E-state index contributed by atoms with van der Waals surface area (Å²) >= 11 is 0. The van der Waals surface area contributed by atoms with Gasteiger partial charge in [0.1, 0.15) is 6.61 Å². The third kappa shape index (κ3) is 1.50. The van der Waals surface area contributed by atoms with Crippen LogP contribution < -0.4 is 0 Å². The average molecular weight is 141 g/mol. The Balaban J connectivity index is 2.13. The van der Waals surface area contributed by atoms with Crippen LogP contribution in [0.3, 0.4) is 0 Å². The van der Waals surface area contributed by atoms with Gasteiger partial charge >= 0.3 is 6.09 Å². The van der Waals surface area contributed by atoms with Gasteiger partial charge in [-0.1, -0.05) is 12.7 Å². The molecule has 1 aliphatic heterocycles. The van der Waals surface area contributed by atoms with Crippen LogP contribution in [0.2, 0.25) is 0 Å². The normalized spacial score (nSPS) is 15.8. The highest BCUT2D eigenvalue weighted by Crippen LogP contribution is 2.06. The number of rotatable bonds is 2. The van der Waals surface area contributed by atoms with E-state index < -0.39 is 0 Å². The molecular weight excluding hydrogens is 130 g/mol. The molecule has 56 valence electrons. The van der Waals surface area contributed by atoms with Crippen LogP contribution in [0, 0.1) is 0 Å². The number of nitrogens with zero attached hydrogens (tertiary/aromatic N) is 1. The lowest BCUT2D eigenvalue weighted by Crippen LogP contribution is -2.42. The molecule has 0 radical (unpaired) electrons. The monoisotopic (exact) mass is 141 g/mol. The summed E-state index contributed by atoms with van der Waals surface area (Å²) in [4.78, 5) is 12.5. The third-order valence-corrected chi connectivity index (χ3v) is 1.44. The first-order chi connectivity index (χ1) is 4.84. The maximum Gasteiger partial charge on any atom is 0.410 e. The summed E-state index contributed by atoms with van der Waals surface area (Å²) in [5.74, 6) is 0. The van der Waals surface area contributed by atoms with Gasteiger partial charge in [-0.15, -0.1) is 0 Å². The highest BCUT2D eigenvalue weighted by Gasteiger charge is 2.20. The lowest BCUT2D eigenvalue weighted by Gasteiger charge is -2.29. The van der Waals surface area contributed by atoms with Crippen molar-refractivity contribution in [1.82, 2.24) is 4.90 Å². The van der Waals surface area contributed by atoms with Crippen molar-refractivity contribution < 1.29 is 9.53 Å². The summed E-state index contributed by atoms with van der Waals surface area (Å²) in [6.45, 7) is 5.44. The molecule has 0 aromatic carbocycles. The molecule has 1 rings (SSSR count). The predicted molar refractivity (Wildman–Crippen MR) is 37.7 cm³/mol. The van der Waals surface area contributed by atoms with Crippen LogP contribution >= 0.6 is 0 Å². The van der Waals surface area contributed by atoms with E-state index >= 15 is 0 Å². The Morgan fingerprint density at radius 3 is 2.80 bits per heavy atom. The minimum absolute atomic E-state index is 0.217. The zero-order valence-electron chi connectivity index (χ0n) is 5.88. The Morgan fingerprint density at radius 1 is 1.70 bits per heavy atom. The fraction of sp³-hybridized carbons (Fsp3) is 0.571. The molecule has 0 aromatic rings. The smallest absolute Gasteiger partial charge is 0.410 e. The standard InChI is InChI=1S/C7H11NO2/c1-2-6-10-7(9)8-4-3-5-8/h2H,1,3-6H2. The van der Waals surface area contributed by atoms with Crippen molar-refractivity contribution >= 4 is 6.09 Å². The molecule has 0 bridgehead atoms. The van der Waals surface area contributed by atoms with Gasteiger partial charge in [-0.25, -0.2) is 4.79 Å². The minimum atomic E-state index is -0.217. The van der Waals surface area contributed by atoms with Crippen LogP contribution in [0.15, 0.2) is 12.7 Å². The number of hydrogen-bond donors (Lipinski definition) is 0. The summed E-state index contributed by atoms with van der Waals surface area (Å²) in [6.07, 6.45) is 2.45. The van der Waals surface area contributed by atoms with Crippen LogP contribution in [0.1, 0.15) is 6.42 Å². The molecule has 10 heavy (non-hydrogen) atoms. The first-order valence-electron chi connectivity index (χ1n) is 3.37. The van der Waals surface area contributed by atoms with E-state index in [2.05, 4.69) is 6.58 Å². The first-order valence-corrected chi connectivity index (χ1v) is 3.37. The van der Waals surface area contributed by atoms with Crippen LogP contribution in [0.4, 0.5) is 4.79 Å². The summed E-state index contributed by atoms with van der Waals surface area (Å²) < 4.78 is 4.76. The first kappa shape index (κ1) is 7.12. The van der Waals surface area contributed by atoms with Crippen molar-refractivity contribution in [2.24, 2.45) is 0 Å². The zero-order valence-corrected chi connectivity index (χ0v) is 5.88. The lowest BCUT2D eigenvalue weighted by atomic mass is 10.2. The van der Waals surface area contributed by atoms with Crippen LogP contribution in [0.25, 0.3) is 0 Å². The van der Waals surface area contributed by atoms with Crippen molar-refractivity contribution in [1.29, 1.82) is 0 Å². The summed E-state index contributed by atoms with van der Waals surface area (Å²) in [6, 6.07) is 0. The topological polar surface area (TPSA) is 29.5 Å². The van der Waals surface area contributed by atoms with Crippen LogP contribution in [-0.2, 0) is 4.74 Å². The Morgan fingerprint density at radius 2 is 2.40 bits per heavy atom. The van der Waals surface area contributed by atoms with Crippen molar-refractivity contribution in [3.05, 3.63) is 12.7 Å². The fourth-order valence-corrected chi connectivity index (χ4v) is 0.720. The molecular formula is C7H11NO2. The molecule has 3 heteroatoms. The van der Waals surface area contributed by atoms with E-state index in [1.807, 2.05) is 0 Å². The lowest BCUT2D eigenvalue weighted by molar-refractivity contribution is 0.0894. The molecule has 1 fully saturated rings. The second kappa shape index (κ2) is 3.25. The van der Waals surface area contributed by atoms with Gasteiger partial charge in [-0.3, -0.25) is 0 Å². The molecule has 1 heterocycles. The molecule has 1 amide bonds. The summed E-state index contributed by atoms with van der Waals surface area (Å²) in [5, 5.41) is 0. The van der Waals surface area contributed by atoms with Crippen molar-refractivity contribution in [2.45, 2.75) is 6.42 Å². The van der Waals surface area contributed by atoms with E-state index in [0.717, 1.165) is 19.5 Å². The van der Waals surface area contributed by atoms with E-state index in [-0.39, 0.29) is 6.09 Å². The number of ether oxygens (including phenoxy) is 1. The van der Waals surface area contributed by atoms with Gasteiger partial charge in [0.2, 0.25) is 0 Å². The van der Waals surface area contributed by atoms with E-state index in [1.165, 1.54) is 0 Å². The maximum absolute atomic E-state index is 10.8. The van der Waals surface area contributed by atoms with Crippen LogP contribution in [-0.4, -0.2) is 30.7 Å². The van der Waals surface area contributed by atoms with Gasteiger partial charge in [0.15, 0.2) is 0 Å².